The summed E-state index contributed by atoms with van der Waals surface area (Å²) in [5, 5.41) is 8.93. The van der Waals surface area contributed by atoms with E-state index in [0.29, 0.717) is 5.56 Å². The van der Waals surface area contributed by atoms with Crippen LogP contribution in [0.25, 0.3) is 16.6 Å². The van der Waals surface area contributed by atoms with Crippen LogP contribution in [0.3, 0.4) is 0 Å². The molecule has 0 spiro atoms. The minimum Gasteiger partial charge on any atom is -0.360 e. The number of rotatable bonds is 3. The number of aromatic amines is 1. The maximum absolute atomic E-state index is 12.3. The first-order valence-electron chi connectivity index (χ1n) is 7.87. The van der Waals surface area contributed by atoms with Crippen LogP contribution in [0, 0.1) is 0 Å². The van der Waals surface area contributed by atoms with Gasteiger partial charge >= 0.3 is 0 Å². The Labute approximate surface area is 147 Å². The fraction of sp³-hybridized carbons (Fsp3) is 0. The summed E-state index contributed by atoms with van der Waals surface area (Å²) in [4.78, 5) is 28.8. The summed E-state index contributed by atoms with van der Waals surface area (Å²) in [6, 6.07) is 16.6. The van der Waals surface area contributed by atoms with Gasteiger partial charge in [-0.15, -0.1) is 5.10 Å². The molecule has 8 heteroatoms. The number of hydrazine groups is 1. The van der Waals surface area contributed by atoms with Crippen molar-refractivity contribution in [1.29, 1.82) is 0 Å². The standard InChI is InChI=1S/C18H14N6O2/c25-17(14-10-19-15-9-5-4-8-13(14)15)21-22-18(26)16-11-20-24(23-16)12-6-2-1-3-7-12/h1-11,19H,(H,21,25)(H,22,26). The number of fused-ring (bicyclic) bond motifs is 1. The predicted octanol–water partition coefficient (Wildman–Crippen LogP) is 1.82. The number of carbonyl (C=O) groups excluding carboxylic acids is 2. The molecule has 0 fully saturated rings. The number of hydrogen-bond acceptors (Lipinski definition) is 4. The van der Waals surface area contributed by atoms with Crippen LogP contribution < -0.4 is 10.9 Å². The van der Waals surface area contributed by atoms with Crippen LogP contribution >= 0.6 is 0 Å². The first-order valence-corrected chi connectivity index (χ1v) is 7.87. The highest BCUT2D eigenvalue weighted by Gasteiger charge is 2.15. The molecule has 0 radical (unpaired) electrons. The Hall–Kier alpha value is -3.94. The zero-order valence-corrected chi connectivity index (χ0v) is 13.5. The van der Waals surface area contributed by atoms with Gasteiger partial charge in [-0.1, -0.05) is 36.4 Å². The van der Waals surface area contributed by atoms with Gasteiger partial charge in [0, 0.05) is 17.1 Å². The molecule has 26 heavy (non-hydrogen) atoms. The lowest BCUT2D eigenvalue weighted by Crippen LogP contribution is -2.41. The van der Waals surface area contributed by atoms with Crippen molar-refractivity contribution in [2.75, 3.05) is 0 Å². The van der Waals surface area contributed by atoms with Gasteiger partial charge in [0.25, 0.3) is 11.8 Å². The second-order valence-corrected chi connectivity index (χ2v) is 5.51. The lowest BCUT2D eigenvalue weighted by molar-refractivity contribution is 0.0844. The minimum absolute atomic E-state index is 0.0908. The lowest BCUT2D eigenvalue weighted by Gasteiger charge is -2.05. The van der Waals surface area contributed by atoms with Crippen molar-refractivity contribution in [3.8, 4) is 5.69 Å². The molecule has 0 unspecified atom stereocenters. The second kappa shape index (κ2) is 6.52. The number of hydrogen-bond donors (Lipinski definition) is 3. The maximum atomic E-state index is 12.3. The number of nitrogens with one attached hydrogen (secondary N) is 3. The van der Waals surface area contributed by atoms with Crippen molar-refractivity contribution in [2.24, 2.45) is 0 Å². The lowest BCUT2D eigenvalue weighted by atomic mass is 10.2. The largest absolute Gasteiger partial charge is 0.360 e. The molecule has 8 nitrogen and oxygen atoms in total. The average molecular weight is 346 g/mol. The molecule has 0 saturated carbocycles. The minimum atomic E-state index is -0.555. The number of para-hydroxylation sites is 2. The molecule has 0 aliphatic heterocycles. The summed E-state index contributed by atoms with van der Waals surface area (Å²) in [5.74, 6) is -0.980. The van der Waals surface area contributed by atoms with Crippen molar-refractivity contribution in [2.45, 2.75) is 0 Å². The highest BCUT2D eigenvalue weighted by molar-refractivity contribution is 6.07. The summed E-state index contributed by atoms with van der Waals surface area (Å²) in [6.45, 7) is 0. The molecule has 2 aromatic carbocycles. The quantitative estimate of drug-likeness (QED) is 0.492. The first kappa shape index (κ1) is 15.6. The third kappa shape index (κ3) is 2.91. The van der Waals surface area contributed by atoms with Crippen LogP contribution in [0.5, 0.6) is 0 Å². The molecule has 0 aliphatic rings. The molecular weight excluding hydrogens is 332 g/mol. The second-order valence-electron chi connectivity index (χ2n) is 5.51. The third-order valence-corrected chi connectivity index (χ3v) is 3.84. The van der Waals surface area contributed by atoms with E-state index >= 15 is 0 Å². The Morgan fingerprint density at radius 1 is 0.923 bits per heavy atom. The van der Waals surface area contributed by atoms with Gasteiger partial charge in [0.1, 0.15) is 0 Å². The Balaban J connectivity index is 1.44. The van der Waals surface area contributed by atoms with Gasteiger partial charge in [-0.3, -0.25) is 20.4 Å². The van der Waals surface area contributed by atoms with E-state index in [9.17, 15) is 9.59 Å². The molecule has 0 bridgehead atoms. The van der Waals surface area contributed by atoms with Crippen molar-refractivity contribution in [3.05, 3.63) is 78.2 Å². The normalized spacial score (nSPS) is 10.6. The van der Waals surface area contributed by atoms with E-state index in [2.05, 4.69) is 26.0 Å². The highest BCUT2D eigenvalue weighted by Crippen LogP contribution is 2.17. The Morgan fingerprint density at radius 2 is 1.65 bits per heavy atom. The summed E-state index contributed by atoms with van der Waals surface area (Å²) in [6.07, 6.45) is 2.93. The average Bonchev–Trinajstić information content (AvgIpc) is 3.34. The molecule has 2 heterocycles. The molecule has 0 aliphatic carbocycles. The Bertz CT molecular complexity index is 1080. The molecule has 3 N–H and O–H groups in total. The first-order chi connectivity index (χ1) is 12.7. The van der Waals surface area contributed by atoms with E-state index in [1.165, 1.54) is 11.0 Å². The fourth-order valence-electron chi connectivity index (χ4n) is 2.56. The zero-order valence-electron chi connectivity index (χ0n) is 13.5. The van der Waals surface area contributed by atoms with Crippen LogP contribution in [0.15, 0.2) is 67.0 Å². The number of amides is 2. The van der Waals surface area contributed by atoms with Crippen molar-refractivity contribution in [1.82, 2.24) is 30.8 Å². The zero-order chi connectivity index (χ0) is 17.9. The number of aromatic nitrogens is 4. The third-order valence-electron chi connectivity index (χ3n) is 3.84. The Kier molecular flexibility index (Phi) is 3.91. The summed E-state index contributed by atoms with van der Waals surface area (Å²) >= 11 is 0. The van der Waals surface area contributed by atoms with Gasteiger partial charge in [0.15, 0.2) is 5.69 Å². The summed E-state index contributed by atoms with van der Waals surface area (Å²) in [7, 11) is 0. The van der Waals surface area contributed by atoms with E-state index in [1.807, 2.05) is 54.6 Å². The maximum Gasteiger partial charge on any atom is 0.291 e. The topological polar surface area (TPSA) is 105 Å². The van der Waals surface area contributed by atoms with Crippen molar-refractivity contribution >= 4 is 22.7 Å². The molecule has 2 amide bonds. The van der Waals surface area contributed by atoms with Gasteiger partial charge in [-0.2, -0.15) is 9.90 Å². The molecule has 4 rings (SSSR count). The van der Waals surface area contributed by atoms with Crippen molar-refractivity contribution in [3.63, 3.8) is 0 Å². The molecule has 0 saturated heterocycles. The molecule has 128 valence electrons. The summed E-state index contributed by atoms with van der Waals surface area (Å²) in [5.41, 5.74) is 6.84. The molecule has 2 aromatic heterocycles. The molecule has 0 atom stereocenters. The van der Waals surface area contributed by atoms with Gasteiger partial charge in [-0.05, 0) is 18.2 Å². The summed E-state index contributed by atoms with van der Waals surface area (Å²) < 4.78 is 0. The smallest absolute Gasteiger partial charge is 0.291 e. The fourth-order valence-corrected chi connectivity index (χ4v) is 2.56. The van der Waals surface area contributed by atoms with Crippen LogP contribution in [0.4, 0.5) is 0 Å². The monoisotopic (exact) mass is 346 g/mol. The number of carbonyl (C=O) groups is 2. The number of H-pyrrole nitrogens is 1. The van der Waals surface area contributed by atoms with Gasteiger partial charge < -0.3 is 4.98 Å². The van der Waals surface area contributed by atoms with Gasteiger partial charge in [0.05, 0.1) is 17.4 Å². The van der Waals surface area contributed by atoms with Crippen LogP contribution in [0.1, 0.15) is 20.8 Å². The Morgan fingerprint density at radius 3 is 2.50 bits per heavy atom. The van der Waals surface area contributed by atoms with Crippen LogP contribution in [0.2, 0.25) is 0 Å². The van der Waals surface area contributed by atoms with E-state index in [1.54, 1.807) is 6.20 Å². The molecule has 4 aromatic rings. The SMILES string of the molecule is O=C(NNC(=O)c1c[nH]c2ccccc12)c1cnn(-c2ccccc2)n1. The van der Waals surface area contributed by atoms with E-state index in [0.717, 1.165) is 16.6 Å². The van der Waals surface area contributed by atoms with E-state index in [4.69, 9.17) is 0 Å². The van der Waals surface area contributed by atoms with Crippen molar-refractivity contribution < 1.29 is 9.59 Å². The van der Waals surface area contributed by atoms with Crippen LogP contribution in [-0.2, 0) is 0 Å². The van der Waals surface area contributed by atoms with Crippen LogP contribution in [-0.4, -0.2) is 31.8 Å². The number of nitrogens with zero attached hydrogens (tertiary/aromatic N) is 3. The van der Waals surface area contributed by atoms with E-state index < -0.39 is 11.8 Å². The van der Waals surface area contributed by atoms with Gasteiger partial charge in [-0.25, -0.2) is 0 Å². The molecular formula is C18H14N6O2. The van der Waals surface area contributed by atoms with E-state index in [-0.39, 0.29) is 5.69 Å². The predicted molar refractivity (Wildman–Crippen MR) is 94.6 cm³/mol. The highest BCUT2D eigenvalue weighted by atomic mass is 16.2. The van der Waals surface area contributed by atoms with Gasteiger partial charge in [0.2, 0.25) is 0 Å². The number of benzene rings is 2.